The molecule has 0 fully saturated rings. The molecule has 18 heavy (non-hydrogen) atoms. The maximum Gasteiger partial charge on any atom is 0.129 e. The van der Waals surface area contributed by atoms with E-state index in [1.165, 1.54) is 0 Å². The largest absolute Gasteiger partial charge is 0.496 e. The van der Waals surface area contributed by atoms with E-state index in [0.29, 0.717) is 37.7 Å². The zero-order valence-corrected chi connectivity index (χ0v) is 10.9. The molecule has 0 heterocycles. The lowest BCUT2D eigenvalue weighted by molar-refractivity contribution is 0.0453. The van der Waals surface area contributed by atoms with Crippen LogP contribution < -0.4 is 10.5 Å². The summed E-state index contributed by atoms with van der Waals surface area (Å²) in [5, 5.41) is 7.48. The molecule has 0 atom stereocenters. The van der Waals surface area contributed by atoms with Crippen molar-refractivity contribution in [3.05, 3.63) is 29.3 Å². The molecule has 5 heteroatoms. The van der Waals surface area contributed by atoms with Gasteiger partial charge < -0.3 is 19.9 Å². The Morgan fingerprint density at radius 2 is 2.00 bits per heavy atom. The zero-order chi connectivity index (χ0) is 13.4. The van der Waals surface area contributed by atoms with Gasteiger partial charge in [-0.3, -0.25) is 5.41 Å². The summed E-state index contributed by atoms with van der Waals surface area (Å²) in [6.45, 7) is 4.25. The van der Waals surface area contributed by atoms with E-state index in [1.54, 1.807) is 13.2 Å². The Bertz CT molecular complexity index is 394. The maximum absolute atomic E-state index is 7.48. The van der Waals surface area contributed by atoms with E-state index in [1.807, 2.05) is 19.1 Å². The molecule has 1 rings (SSSR count). The van der Waals surface area contributed by atoms with E-state index in [9.17, 15) is 0 Å². The summed E-state index contributed by atoms with van der Waals surface area (Å²) in [4.78, 5) is 0. The third-order valence-electron chi connectivity index (χ3n) is 2.40. The summed E-state index contributed by atoms with van der Waals surface area (Å²) in [7, 11) is 1.56. The van der Waals surface area contributed by atoms with Gasteiger partial charge in [-0.2, -0.15) is 0 Å². The van der Waals surface area contributed by atoms with E-state index in [4.69, 9.17) is 25.4 Å². The van der Waals surface area contributed by atoms with Crippen LogP contribution in [0.4, 0.5) is 0 Å². The van der Waals surface area contributed by atoms with Crippen molar-refractivity contribution in [2.24, 2.45) is 5.73 Å². The van der Waals surface area contributed by atoms with Gasteiger partial charge in [-0.1, -0.05) is 6.07 Å². The van der Waals surface area contributed by atoms with Gasteiger partial charge in [0, 0.05) is 6.61 Å². The van der Waals surface area contributed by atoms with Crippen molar-refractivity contribution in [3.63, 3.8) is 0 Å². The summed E-state index contributed by atoms with van der Waals surface area (Å²) >= 11 is 0. The van der Waals surface area contributed by atoms with Crippen LogP contribution in [0.1, 0.15) is 18.1 Å². The van der Waals surface area contributed by atoms with Crippen LogP contribution in [0.5, 0.6) is 5.75 Å². The highest BCUT2D eigenvalue weighted by Gasteiger charge is 2.07. The summed E-state index contributed by atoms with van der Waals surface area (Å²) < 4.78 is 15.8. The Kier molecular flexibility index (Phi) is 6.18. The Balaban J connectivity index is 2.56. The number of nitrogen functional groups attached to an aromatic ring is 1. The molecule has 100 valence electrons. The van der Waals surface area contributed by atoms with Gasteiger partial charge in [-0.15, -0.1) is 0 Å². The molecule has 3 N–H and O–H groups in total. The smallest absolute Gasteiger partial charge is 0.129 e. The Labute approximate surface area is 107 Å². The standard InChI is InChI=1S/C13H20N2O3/c1-3-17-6-7-18-9-10-4-5-12(16-2)11(8-10)13(14)15/h4-5,8H,3,6-7,9H2,1-2H3,(H3,14,15). The molecule has 5 nitrogen and oxygen atoms in total. The van der Waals surface area contributed by atoms with E-state index >= 15 is 0 Å². The van der Waals surface area contributed by atoms with Gasteiger partial charge >= 0.3 is 0 Å². The average Bonchev–Trinajstić information content (AvgIpc) is 2.38. The molecule has 0 aliphatic heterocycles. The summed E-state index contributed by atoms with van der Waals surface area (Å²) in [5.74, 6) is 0.587. The van der Waals surface area contributed by atoms with Gasteiger partial charge in [-0.05, 0) is 24.6 Å². The van der Waals surface area contributed by atoms with Crippen LogP contribution in [0.15, 0.2) is 18.2 Å². The molecule has 0 radical (unpaired) electrons. The third-order valence-corrected chi connectivity index (χ3v) is 2.40. The van der Waals surface area contributed by atoms with Crippen LogP contribution in [0.3, 0.4) is 0 Å². The summed E-state index contributed by atoms with van der Waals surface area (Å²) in [5.41, 5.74) is 7.04. The molecule has 0 saturated carbocycles. The molecule has 0 saturated heterocycles. The highest BCUT2D eigenvalue weighted by Crippen LogP contribution is 2.19. The third kappa shape index (κ3) is 4.35. The number of hydrogen-bond acceptors (Lipinski definition) is 4. The van der Waals surface area contributed by atoms with Gasteiger partial charge in [0.25, 0.3) is 0 Å². The Hall–Kier alpha value is -1.59. The molecule has 0 aliphatic carbocycles. The van der Waals surface area contributed by atoms with Gasteiger partial charge in [0.15, 0.2) is 0 Å². The second-order valence-electron chi connectivity index (χ2n) is 3.70. The van der Waals surface area contributed by atoms with Crippen molar-refractivity contribution in [2.45, 2.75) is 13.5 Å². The summed E-state index contributed by atoms with van der Waals surface area (Å²) in [6.07, 6.45) is 0. The van der Waals surface area contributed by atoms with Crippen LogP contribution in [0.2, 0.25) is 0 Å². The number of hydrogen-bond donors (Lipinski definition) is 2. The van der Waals surface area contributed by atoms with Gasteiger partial charge in [0.05, 0.1) is 32.5 Å². The normalized spacial score (nSPS) is 10.3. The fourth-order valence-corrected chi connectivity index (χ4v) is 1.51. The Morgan fingerprint density at radius 1 is 1.28 bits per heavy atom. The number of ether oxygens (including phenoxy) is 3. The quantitative estimate of drug-likeness (QED) is 0.418. The van der Waals surface area contributed by atoms with Crippen LogP contribution >= 0.6 is 0 Å². The molecule has 0 aromatic heterocycles. The molecule has 1 aromatic rings. The predicted molar refractivity (Wildman–Crippen MR) is 70.2 cm³/mol. The van der Waals surface area contributed by atoms with Crippen LogP contribution in [0, 0.1) is 5.41 Å². The first-order chi connectivity index (χ1) is 8.69. The van der Waals surface area contributed by atoms with Gasteiger partial charge in [-0.25, -0.2) is 0 Å². The number of methoxy groups -OCH3 is 1. The van der Waals surface area contributed by atoms with Crippen molar-refractivity contribution in [1.29, 1.82) is 5.41 Å². The van der Waals surface area contributed by atoms with E-state index < -0.39 is 0 Å². The van der Waals surface area contributed by atoms with Crippen LogP contribution in [-0.4, -0.2) is 32.8 Å². The van der Waals surface area contributed by atoms with Crippen molar-refractivity contribution >= 4 is 5.84 Å². The highest BCUT2D eigenvalue weighted by atomic mass is 16.5. The molecule has 0 amide bonds. The van der Waals surface area contributed by atoms with Crippen molar-refractivity contribution in [1.82, 2.24) is 0 Å². The molecule has 0 spiro atoms. The maximum atomic E-state index is 7.48. The highest BCUT2D eigenvalue weighted by molar-refractivity contribution is 5.97. The van der Waals surface area contributed by atoms with E-state index in [2.05, 4.69) is 0 Å². The van der Waals surface area contributed by atoms with Crippen LogP contribution in [0.25, 0.3) is 0 Å². The first kappa shape index (κ1) is 14.5. The zero-order valence-electron chi connectivity index (χ0n) is 10.9. The molecule has 0 aliphatic rings. The number of nitrogens with one attached hydrogen (secondary N) is 1. The minimum atomic E-state index is -0.0111. The molecule has 0 unspecified atom stereocenters. The molecule has 1 aromatic carbocycles. The fraction of sp³-hybridized carbons (Fsp3) is 0.462. The second kappa shape index (κ2) is 7.68. The van der Waals surface area contributed by atoms with E-state index in [-0.39, 0.29) is 5.84 Å². The lowest BCUT2D eigenvalue weighted by Gasteiger charge is -2.10. The van der Waals surface area contributed by atoms with E-state index in [0.717, 1.165) is 5.56 Å². The summed E-state index contributed by atoms with van der Waals surface area (Å²) in [6, 6.07) is 5.49. The molecular weight excluding hydrogens is 232 g/mol. The van der Waals surface area contributed by atoms with Crippen molar-refractivity contribution in [3.8, 4) is 5.75 Å². The SMILES string of the molecule is CCOCCOCc1ccc(OC)c(C(=N)N)c1. The van der Waals surface area contributed by atoms with Gasteiger partial charge in [0.2, 0.25) is 0 Å². The second-order valence-corrected chi connectivity index (χ2v) is 3.70. The average molecular weight is 252 g/mol. The minimum absolute atomic E-state index is 0.0111. The molecular formula is C13H20N2O3. The monoisotopic (exact) mass is 252 g/mol. The number of amidine groups is 1. The first-order valence-electron chi connectivity index (χ1n) is 5.85. The Morgan fingerprint density at radius 3 is 2.61 bits per heavy atom. The number of nitrogens with two attached hydrogens (primary N) is 1. The van der Waals surface area contributed by atoms with Crippen molar-refractivity contribution < 1.29 is 14.2 Å². The lowest BCUT2D eigenvalue weighted by Crippen LogP contribution is -2.13. The van der Waals surface area contributed by atoms with Gasteiger partial charge in [0.1, 0.15) is 11.6 Å². The number of rotatable bonds is 8. The predicted octanol–water partition coefficient (Wildman–Crippen LogP) is 1.53. The fourth-order valence-electron chi connectivity index (χ4n) is 1.51. The first-order valence-corrected chi connectivity index (χ1v) is 5.85. The van der Waals surface area contributed by atoms with Crippen LogP contribution in [-0.2, 0) is 16.1 Å². The number of benzene rings is 1. The van der Waals surface area contributed by atoms with Crippen molar-refractivity contribution in [2.75, 3.05) is 26.9 Å². The molecule has 0 bridgehead atoms. The lowest BCUT2D eigenvalue weighted by atomic mass is 10.1. The minimum Gasteiger partial charge on any atom is -0.496 e. The topological polar surface area (TPSA) is 77.6 Å².